The van der Waals surface area contributed by atoms with Gasteiger partial charge in [-0.2, -0.15) is 5.10 Å². The molecule has 2 aromatic carbocycles. The van der Waals surface area contributed by atoms with E-state index < -0.39 is 0 Å². The predicted molar refractivity (Wildman–Crippen MR) is 96.0 cm³/mol. The first-order chi connectivity index (χ1) is 11.8. The van der Waals surface area contributed by atoms with Crippen LogP contribution in [-0.4, -0.2) is 26.9 Å². The van der Waals surface area contributed by atoms with Gasteiger partial charge >= 0.3 is 0 Å². The highest BCUT2D eigenvalue weighted by atomic mass is 32.1. The maximum Gasteiger partial charge on any atom is 0.200 e. The number of aromatic nitrogens is 4. The van der Waals surface area contributed by atoms with Crippen molar-refractivity contribution in [2.75, 3.05) is 7.11 Å². The second-order valence-electron chi connectivity index (χ2n) is 5.25. The molecule has 4 aromatic rings. The van der Waals surface area contributed by atoms with E-state index in [0.717, 1.165) is 28.0 Å². The summed E-state index contributed by atoms with van der Waals surface area (Å²) in [6.07, 6.45) is 0. The molecule has 4 rings (SSSR count). The average molecular weight is 334 g/mol. The first-order valence-corrected chi connectivity index (χ1v) is 7.86. The van der Waals surface area contributed by atoms with Crippen molar-refractivity contribution in [1.82, 2.24) is 19.7 Å². The number of nitrogens with zero attached hydrogens (tertiary/aromatic N) is 3. The number of pyridine rings is 1. The Bertz CT molecular complexity index is 1080. The van der Waals surface area contributed by atoms with E-state index in [1.165, 1.54) is 0 Å². The molecule has 0 saturated heterocycles. The smallest absolute Gasteiger partial charge is 0.200 e. The van der Waals surface area contributed by atoms with E-state index in [0.29, 0.717) is 10.6 Å². The molecule has 0 aliphatic heterocycles. The Labute approximate surface area is 143 Å². The Kier molecular flexibility index (Phi) is 3.59. The molecule has 1 N–H and O–H groups in total. The number of fused-ring (bicyclic) bond motifs is 1. The molecule has 0 aliphatic rings. The Morgan fingerprint density at radius 1 is 1.00 bits per heavy atom. The maximum atomic E-state index is 5.46. The number of hydrogen-bond acceptors (Lipinski definition) is 4. The number of H-pyrrole nitrogens is 1. The molecule has 0 unspecified atom stereocenters. The van der Waals surface area contributed by atoms with Crippen LogP contribution in [0.2, 0.25) is 0 Å². The molecular formula is C18H14N4OS. The highest BCUT2D eigenvalue weighted by Crippen LogP contribution is 2.27. The van der Waals surface area contributed by atoms with Crippen LogP contribution in [0.25, 0.3) is 28.1 Å². The number of methoxy groups -OCH3 is 1. The molecule has 6 heteroatoms. The molecule has 0 saturated carbocycles. The minimum Gasteiger partial charge on any atom is -0.495 e. The maximum absolute atomic E-state index is 5.46. The fourth-order valence-electron chi connectivity index (χ4n) is 2.70. The summed E-state index contributed by atoms with van der Waals surface area (Å²) < 4.78 is 7.78. The van der Waals surface area contributed by atoms with Crippen molar-refractivity contribution in [3.05, 3.63) is 65.4 Å². The lowest BCUT2D eigenvalue weighted by Crippen LogP contribution is -2.01. The van der Waals surface area contributed by atoms with Gasteiger partial charge in [-0.15, -0.1) is 0 Å². The van der Waals surface area contributed by atoms with Crippen LogP contribution in [0.4, 0.5) is 0 Å². The summed E-state index contributed by atoms with van der Waals surface area (Å²) in [6.45, 7) is 0. The summed E-state index contributed by atoms with van der Waals surface area (Å²) in [4.78, 5) is 4.71. The summed E-state index contributed by atoms with van der Waals surface area (Å²) in [7, 11) is 1.64. The molecule has 24 heavy (non-hydrogen) atoms. The van der Waals surface area contributed by atoms with Gasteiger partial charge in [-0.3, -0.25) is 9.67 Å². The number of aromatic amines is 1. The highest BCUT2D eigenvalue weighted by molar-refractivity contribution is 7.71. The van der Waals surface area contributed by atoms with Crippen LogP contribution in [0.5, 0.6) is 5.75 Å². The van der Waals surface area contributed by atoms with Gasteiger partial charge in [0, 0.05) is 5.39 Å². The van der Waals surface area contributed by atoms with Crippen LogP contribution >= 0.6 is 12.2 Å². The van der Waals surface area contributed by atoms with Gasteiger partial charge < -0.3 is 4.74 Å². The lowest BCUT2D eigenvalue weighted by molar-refractivity contribution is 0.413. The van der Waals surface area contributed by atoms with Gasteiger partial charge in [0.25, 0.3) is 0 Å². The summed E-state index contributed by atoms with van der Waals surface area (Å²) >= 11 is 5.42. The molecule has 0 aliphatic carbocycles. The van der Waals surface area contributed by atoms with Crippen LogP contribution in [0.3, 0.4) is 0 Å². The Balaban J connectivity index is 1.95. The van der Waals surface area contributed by atoms with Crippen LogP contribution in [0.1, 0.15) is 0 Å². The summed E-state index contributed by atoms with van der Waals surface area (Å²) in [5.41, 5.74) is 2.48. The number of ether oxygens (including phenoxy) is 1. The van der Waals surface area contributed by atoms with Gasteiger partial charge in [0.15, 0.2) is 10.6 Å². The van der Waals surface area contributed by atoms with E-state index in [-0.39, 0.29) is 0 Å². The lowest BCUT2D eigenvalue weighted by atomic mass is 10.2. The lowest BCUT2D eigenvalue weighted by Gasteiger charge is -2.11. The zero-order chi connectivity index (χ0) is 16.5. The van der Waals surface area contributed by atoms with Gasteiger partial charge in [-0.05, 0) is 36.5 Å². The fourth-order valence-corrected chi connectivity index (χ4v) is 2.93. The minimum atomic E-state index is 0.490. The second-order valence-corrected chi connectivity index (χ2v) is 5.64. The number of rotatable bonds is 3. The standard InChI is InChI=1S/C18H14N4OS/c1-23-16-9-5-4-8-15(16)22-17(20-21-18(22)24)14-11-10-12-6-2-3-7-13(12)19-14/h2-11H,1H3,(H,21,24). The van der Waals surface area contributed by atoms with Gasteiger partial charge in [-0.25, -0.2) is 4.98 Å². The largest absolute Gasteiger partial charge is 0.495 e. The molecule has 2 aromatic heterocycles. The number of benzene rings is 2. The monoisotopic (exact) mass is 334 g/mol. The van der Waals surface area contributed by atoms with Crippen LogP contribution < -0.4 is 4.74 Å². The third-order valence-electron chi connectivity index (χ3n) is 3.83. The van der Waals surface area contributed by atoms with Gasteiger partial charge in [0.2, 0.25) is 0 Å². The van der Waals surface area contributed by atoms with E-state index in [4.69, 9.17) is 21.9 Å². The van der Waals surface area contributed by atoms with E-state index >= 15 is 0 Å². The van der Waals surface area contributed by atoms with Crippen LogP contribution in [0, 0.1) is 4.77 Å². The van der Waals surface area contributed by atoms with Crippen LogP contribution in [-0.2, 0) is 0 Å². The van der Waals surface area contributed by atoms with Crippen molar-refractivity contribution < 1.29 is 4.74 Å². The van der Waals surface area contributed by atoms with Crippen molar-refractivity contribution >= 4 is 23.1 Å². The Hall–Kier alpha value is -2.99. The molecular weight excluding hydrogens is 320 g/mol. The SMILES string of the molecule is COc1ccccc1-n1c(-c2ccc3ccccc3n2)n[nH]c1=S. The highest BCUT2D eigenvalue weighted by Gasteiger charge is 2.15. The van der Waals surface area contributed by atoms with Crippen molar-refractivity contribution in [3.63, 3.8) is 0 Å². The third kappa shape index (κ3) is 2.37. The predicted octanol–water partition coefficient (Wildman–Crippen LogP) is 4.15. The average Bonchev–Trinajstić information content (AvgIpc) is 3.02. The van der Waals surface area contributed by atoms with Crippen molar-refractivity contribution in [3.8, 4) is 23.0 Å². The first-order valence-electron chi connectivity index (χ1n) is 7.45. The molecule has 0 atom stereocenters. The molecule has 0 radical (unpaired) electrons. The van der Waals surface area contributed by atoms with E-state index in [1.807, 2.05) is 65.2 Å². The normalized spacial score (nSPS) is 10.9. The molecule has 0 spiro atoms. The number of hydrogen-bond donors (Lipinski definition) is 1. The first kappa shape index (κ1) is 14.6. The Morgan fingerprint density at radius 2 is 1.79 bits per heavy atom. The quantitative estimate of drug-likeness (QED) is 0.572. The Morgan fingerprint density at radius 3 is 2.67 bits per heavy atom. The topological polar surface area (TPSA) is 55.7 Å². The molecule has 0 amide bonds. The third-order valence-corrected chi connectivity index (χ3v) is 4.10. The van der Waals surface area contributed by atoms with Gasteiger partial charge in [0.05, 0.1) is 18.3 Å². The minimum absolute atomic E-state index is 0.490. The molecule has 2 heterocycles. The van der Waals surface area contributed by atoms with Gasteiger partial charge in [-0.1, -0.05) is 36.4 Å². The van der Waals surface area contributed by atoms with E-state index in [9.17, 15) is 0 Å². The zero-order valence-corrected chi connectivity index (χ0v) is 13.7. The molecule has 5 nitrogen and oxygen atoms in total. The summed E-state index contributed by atoms with van der Waals surface area (Å²) in [5, 5.41) is 8.31. The summed E-state index contributed by atoms with van der Waals surface area (Å²) in [5.74, 6) is 1.37. The number of para-hydroxylation sites is 3. The molecule has 118 valence electrons. The molecule has 0 bridgehead atoms. The summed E-state index contributed by atoms with van der Waals surface area (Å²) in [6, 6.07) is 19.6. The zero-order valence-electron chi connectivity index (χ0n) is 12.9. The van der Waals surface area contributed by atoms with Crippen molar-refractivity contribution in [2.45, 2.75) is 0 Å². The van der Waals surface area contributed by atoms with Crippen molar-refractivity contribution in [2.24, 2.45) is 0 Å². The van der Waals surface area contributed by atoms with Crippen molar-refractivity contribution in [1.29, 1.82) is 0 Å². The van der Waals surface area contributed by atoms with Crippen LogP contribution in [0.15, 0.2) is 60.7 Å². The number of nitrogens with one attached hydrogen (secondary N) is 1. The molecule has 0 fully saturated rings. The van der Waals surface area contributed by atoms with E-state index in [2.05, 4.69) is 10.2 Å². The second kappa shape index (κ2) is 5.90. The van der Waals surface area contributed by atoms with Gasteiger partial charge in [0.1, 0.15) is 11.4 Å². The van der Waals surface area contributed by atoms with E-state index in [1.54, 1.807) is 7.11 Å². The fraction of sp³-hybridized carbons (Fsp3) is 0.0556.